The van der Waals surface area contributed by atoms with E-state index in [0.29, 0.717) is 12.0 Å². The fourth-order valence-corrected chi connectivity index (χ4v) is 3.13. The normalized spacial score (nSPS) is 18.4. The van der Waals surface area contributed by atoms with Crippen LogP contribution in [0.5, 0.6) is 0 Å². The van der Waals surface area contributed by atoms with Crippen molar-refractivity contribution in [3.8, 4) is 0 Å². The molecule has 0 amide bonds. The molecule has 0 bridgehead atoms. The van der Waals surface area contributed by atoms with Crippen LogP contribution < -0.4 is 5.32 Å². The minimum Gasteiger partial charge on any atom is -0.317 e. The predicted octanol–water partition coefficient (Wildman–Crippen LogP) is 3.39. The molecule has 1 heterocycles. The van der Waals surface area contributed by atoms with E-state index in [4.69, 9.17) is 0 Å². The fraction of sp³-hybridized carbons (Fsp3) is 0.647. The molecule has 0 aliphatic carbocycles. The first-order chi connectivity index (χ1) is 9.70. The second-order valence-corrected chi connectivity index (χ2v) is 5.93. The van der Waals surface area contributed by atoms with E-state index in [2.05, 4.69) is 24.1 Å². The molecule has 3 heteroatoms. The maximum absolute atomic E-state index is 13.0. The van der Waals surface area contributed by atoms with Crippen LogP contribution in [-0.4, -0.2) is 37.1 Å². The summed E-state index contributed by atoms with van der Waals surface area (Å²) >= 11 is 0. The van der Waals surface area contributed by atoms with Crippen LogP contribution in [-0.2, 0) is 0 Å². The van der Waals surface area contributed by atoms with Gasteiger partial charge in [-0.2, -0.15) is 0 Å². The van der Waals surface area contributed by atoms with Crippen molar-refractivity contribution in [2.45, 2.75) is 45.1 Å². The predicted molar refractivity (Wildman–Crippen MR) is 82.6 cm³/mol. The van der Waals surface area contributed by atoms with Crippen LogP contribution in [0.25, 0.3) is 0 Å². The summed E-state index contributed by atoms with van der Waals surface area (Å²) in [5.41, 5.74) is 1.24. The lowest BCUT2D eigenvalue weighted by atomic mass is 9.97. The van der Waals surface area contributed by atoms with Crippen molar-refractivity contribution in [2.75, 3.05) is 26.2 Å². The summed E-state index contributed by atoms with van der Waals surface area (Å²) in [6.07, 6.45) is 3.69. The van der Waals surface area contributed by atoms with E-state index in [0.717, 1.165) is 26.2 Å². The molecule has 1 aliphatic rings. The zero-order chi connectivity index (χ0) is 14.4. The highest BCUT2D eigenvalue weighted by Gasteiger charge is 2.22. The first kappa shape index (κ1) is 15.5. The Morgan fingerprint density at radius 1 is 1.25 bits per heavy atom. The molecule has 2 nitrogen and oxygen atoms in total. The smallest absolute Gasteiger partial charge is 0.123 e. The third kappa shape index (κ3) is 4.29. The van der Waals surface area contributed by atoms with Crippen LogP contribution in [0.4, 0.5) is 4.39 Å². The maximum atomic E-state index is 13.0. The van der Waals surface area contributed by atoms with Crippen LogP contribution >= 0.6 is 0 Å². The molecule has 1 unspecified atom stereocenters. The molecule has 1 aromatic rings. The Labute approximate surface area is 122 Å². The molecule has 1 aromatic carbocycles. The third-order valence-electron chi connectivity index (χ3n) is 4.28. The molecule has 1 saturated heterocycles. The molecule has 0 saturated carbocycles. The van der Waals surface area contributed by atoms with E-state index in [1.54, 1.807) is 12.1 Å². The maximum Gasteiger partial charge on any atom is 0.123 e. The number of rotatable bonds is 6. The van der Waals surface area contributed by atoms with Gasteiger partial charge >= 0.3 is 0 Å². The van der Waals surface area contributed by atoms with Gasteiger partial charge in [-0.05, 0) is 62.5 Å². The van der Waals surface area contributed by atoms with Gasteiger partial charge in [0.1, 0.15) is 5.82 Å². The quantitative estimate of drug-likeness (QED) is 0.858. The first-order valence-electron chi connectivity index (χ1n) is 7.91. The van der Waals surface area contributed by atoms with Crippen LogP contribution in [0.1, 0.15) is 44.6 Å². The van der Waals surface area contributed by atoms with Gasteiger partial charge in [0.25, 0.3) is 0 Å². The topological polar surface area (TPSA) is 15.3 Å². The van der Waals surface area contributed by atoms with Gasteiger partial charge in [0.15, 0.2) is 0 Å². The number of nitrogens with zero attached hydrogens (tertiary/aromatic N) is 1. The SMILES string of the molecule is CCCN(CC(C)c1ccc(F)cc1)C1CCNCC1. The van der Waals surface area contributed by atoms with Gasteiger partial charge in [0.2, 0.25) is 0 Å². The summed E-state index contributed by atoms with van der Waals surface area (Å²) < 4.78 is 13.0. The van der Waals surface area contributed by atoms with Crippen molar-refractivity contribution in [3.05, 3.63) is 35.6 Å². The Morgan fingerprint density at radius 2 is 1.90 bits per heavy atom. The Kier molecular flexibility index (Phi) is 5.99. The summed E-state index contributed by atoms with van der Waals surface area (Å²) in [4.78, 5) is 2.63. The zero-order valence-corrected chi connectivity index (χ0v) is 12.7. The van der Waals surface area contributed by atoms with Gasteiger partial charge in [-0.15, -0.1) is 0 Å². The molecule has 20 heavy (non-hydrogen) atoms. The van der Waals surface area contributed by atoms with Crippen LogP contribution in [0, 0.1) is 5.82 Å². The van der Waals surface area contributed by atoms with Gasteiger partial charge in [0, 0.05) is 12.6 Å². The first-order valence-corrected chi connectivity index (χ1v) is 7.91. The lowest BCUT2D eigenvalue weighted by Gasteiger charge is -2.36. The van der Waals surface area contributed by atoms with Crippen LogP contribution in [0.2, 0.25) is 0 Å². The summed E-state index contributed by atoms with van der Waals surface area (Å²) in [6.45, 7) is 9.00. The molecule has 0 aromatic heterocycles. The Bertz CT molecular complexity index is 384. The Balaban J connectivity index is 1.97. The molecule has 2 rings (SSSR count). The minimum atomic E-state index is -0.148. The Hall–Kier alpha value is -0.930. The van der Waals surface area contributed by atoms with Gasteiger partial charge < -0.3 is 5.32 Å². The van der Waals surface area contributed by atoms with Crippen molar-refractivity contribution in [2.24, 2.45) is 0 Å². The van der Waals surface area contributed by atoms with Gasteiger partial charge in [-0.1, -0.05) is 26.0 Å². The monoisotopic (exact) mass is 278 g/mol. The van der Waals surface area contributed by atoms with E-state index in [9.17, 15) is 4.39 Å². The number of nitrogens with one attached hydrogen (secondary N) is 1. The standard InChI is InChI=1S/C17H27FN2/c1-3-12-20(17-8-10-19-11-9-17)13-14(2)15-4-6-16(18)7-5-15/h4-7,14,17,19H,3,8-13H2,1-2H3. The van der Waals surface area contributed by atoms with E-state index < -0.39 is 0 Å². The third-order valence-corrected chi connectivity index (χ3v) is 4.28. The van der Waals surface area contributed by atoms with Crippen LogP contribution in [0.15, 0.2) is 24.3 Å². The highest BCUT2D eigenvalue weighted by atomic mass is 19.1. The Morgan fingerprint density at radius 3 is 2.50 bits per heavy atom. The zero-order valence-electron chi connectivity index (χ0n) is 12.7. The van der Waals surface area contributed by atoms with Crippen molar-refractivity contribution < 1.29 is 4.39 Å². The summed E-state index contributed by atoms with van der Waals surface area (Å²) in [5, 5.41) is 3.43. The van der Waals surface area contributed by atoms with Crippen LogP contribution in [0.3, 0.4) is 0 Å². The van der Waals surface area contributed by atoms with Crippen molar-refractivity contribution in [1.29, 1.82) is 0 Å². The van der Waals surface area contributed by atoms with E-state index in [1.807, 2.05) is 12.1 Å². The van der Waals surface area contributed by atoms with Gasteiger partial charge in [0.05, 0.1) is 0 Å². The average molecular weight is 278 g/mol. The molecular weight excluding hydrogens is 251 g/mol. The lowest BCUT2D eigenvalue weighted by molar-refractivity contribution is 0.155. The molecule has 1 N–H and O–H groups in total. The molecule has 0 radical (unpaired) electrons. The van der Waals surface area contributed by atoms with Gasteiger partial charge in [-0.3, -0.25) is 4.90 Å². The molecule has 0 spiro atoms. The largest absolute Gasteiger partial charge is 0.317 e. The second kappa shape index (κ2) is 7.75. The number of hydrogen-bond acceptors (Lipinski definition) is 2. The summed E-state index contributed by atoms with van der Waals surface area (Å²) in [5.74, 6) is 0.307. The summed E-state index contributed by atoms with van der Waals surface area (Å²) in [7, 11) is 0. The second-order valence-electron chi connectivity index (χ2n) is 5.93. The highest BCUT2D eigenvalue weighted by Crippen LogP contribution is 2.21. The molecule has 112 valence electrons. The van der Waals surface area contributed by atoms with E-state index in [1.165, 1.54) is 24.8 Å². The van der Waals surface area contributed by atoms with Crippen molar-refractivity contribution in [1.82, 2.24) is 10.2 Å². The van der Waals surface area contributed by atoms with Crippen molar-refractivity contribution >= 4 is 0 Å². The lowest BCUT2D eigenvalue weighted by Crippen LogP contribution is -2.44. The molecule has 1 aliphatic heterocycles. The van der Waals surface area contributed by atoms with Gasteiger partial charge in [-0.25, -0.2) is 4.39 Å². The molecule has 1 atom stereocenters. The minimum absolute atomic E-state index is 0.148. The number of halogens is 1. The molecular formula is C17H27FN2. The molecule has 1 fully saturated rings. The number of benzene rings is 1. The highest BCUT2D eigenvalue weighted by molar-refractivity contribution is 5.20. The van der Waals surface area contributed by atoms with E-state index in [-0.39, 0.29) is 5.82 Å². The fourth-order valence-electron chi connectivity index (χ4n) is 3.13. The van der Waals surface area contributed by atoms with E-state index >= 15 is 0 Å². The van der Waals surface area contributed by atoms with Crippen molar-refractivity contribution in [3.63, 3.8) is 0 Å². The summed E-state index contributed by atoms with van der Waals surface area (Å²) in [6, 6.07) is 7.69. The number of piperidine rings is 1. The number of hydrogen-bond donors (Lipinski definition) is 1. The average Bonchev–Trinajstić information content (AvgIpc) is 2.48.